The summed E-state index contributed by atoms with van der Waals surface area (Å²) in [6.07, 6.45) is 3.13. The molecule has 0 aliphatic rings. The Balaban J connectivity index is 2.58. The van der Waals surface area contributed by atoms with E-state index in [4.69, 9.17) is 5.11 Å². The number of carbonyl (C=O) groups excluding carboxylic acids is 1. The van der Waals surface area contributed by atoms with Crippen LogP contribution in [-0.2, 0) is 9.59 Å². The predicted octanol–water partition coefficient (Wildman–Crippen LogP) is 2.23. The molecule has 0 saturated carbocycles. The fourth-order valence-corrected chi connectivity index (χ4v) is 1.56. The molecule has 0 bridgehead atoms. The van der Waals surface area contributed by atoms with Gasteiger partial charge in [0.25, 0.3) is 0 Å². The molecule has 1 aromatic carbocycles. The standard InChI is InChI=1S/C15H19NO3/c1-10-5-4-6-13(9-10)7-8-14(17)16-12(3)11(2)15(18)19/h4-9,11-12H,1-3H3,(H,16,17)(H,18,19)/b8-7+. The van der Waals surface area contributed by atoms with Crippen LogP contribution >= 0.6 is 0 Å². The number of carboxylic acids is 1. The van der Waals surface area contributed by atoms with Crippen molar-refractivity contribution in [1.82, 2.24) is 5.32 Å². The van der Waals surface area contributed by atoms with E-state index in [0.717, 1.165) is 11.1 Å². The summed E-state index contributed by atoms with van der Waals surface area (Å²) in [5.74, 6) is -1.83. The van der Waals surface area contributed by atoms with E-state index in [0.29, 0.717) is 0 Å². The Kier molecular flexibility index (Phi) is 5.30. The summed E-state index contributed by atoms with van der Waals surface area (Å²) >= 11 is 0. The maximum Gasteiger partial charge on any atom is 0.308 e. The van der Waals surface area contributed by atoms with Gasteiger partial charge < -0.3 is 10.4 Å². The van der Waals surface area contributed by atoms with Crippen molar-refractivity contribution in [1.29, 1.82) is 0 Å². The van der Waals surface area contributed by atoms with Crippen LogP contribution in [0.4, 0.5) is 0 Å². The van der Waals surface area contributed by atoms with E-state index >= 15 is 0 Å². The molecule has 2 atom stereocenters. The summed E-state index contributed by atoms with van der Waals surface area (Å²) in [5.41, 5.74) is 2.06. The van der Waals surface area contributed by atoms with Gasteiger partial charge >= 0.3 is 5.97 Å². The van der Waals surface area contributed by atoms with E-state index < -0.39 is 17.9 Å². The molecule has 2 N–H and O–H groups in total. The topological polar surface area (TPSA) is 66.4 Å². The quantitative estimate of drug-likeness (QED) is 0.799. The summed E-state index contributed by atoms with van der Waals surface area (Å²) in [5, 5.41) is 11.5. The highest BCUT2D eigenvalue weighted by molar-refractivity contribution is 5.92. The Morgan fingerprint density at radius 1 is 1.32 bits per heavy atom. The fraction of sp³-hybridized carbons (Fsp3) is 0.333. The van der Waals surface area contributed by atoms with Crippen molar-refractivity contribution in [3.8, 4) is 0 Å². The fourth-order valence-electron chi connectivity index (χ4n) is 1.56. The van der Waals surface area contributed by atoms with Crippen molar-refractivity contribution < 1.29 is 14.7 Å². The molecule has 0 aromatic heterocycles. The van der Waals surface area contributed by atoms with Crippen LogP contribution in [0, 0.1) is 12.8 Å². The van der Waals surface area contributed by atoms with Crippen LogP contribution in [0.3, 0.4) is 0 Å². The number of aliphatic carboxylic acids is 1. The summed E-state index contributed by atoms with van der Waals surface area (Å²) in [4.78, 5) is 22.4. The first-order chi connectivity index (χ1) is 8.90. The normalized spacial score (nSPS) is 14.1. The van der Waals surface area contributed by atoms with Gasteiger partial charge in [0.1, 0.15) is 0 Å². The van der Waals surface area contributed by atoms with Crippen LogP contribution in [0.2, 0.25) is 0 Å². The zero-order valence-corrected chi connectivity index (χ0v) is 11.4. The predicted molar refractivity (Wildman–Crippen MR) is 74.6 cm³/mol. The van der Waals surface area contributed by atoms with E-state index in [1.165, 1.54) is 6.08 Å². The maximum absolute atomic E-state index is 11.6. The Morgan fingerprint density at radius 3 is 2.58 bits per heavy atom. The molecule has 19 heavy (non-hydrogen) atoms. The van der Waals surface area contributed by atoms with Gasteiger partial charge in [-0.15, -0.1) is 0 Å². The molecule has 0 aliphatic carbocycles. The molecule has 102 valence electrons. The lowest BCUT2D eigenvalue weighted by Crippen LogP contribution is -2.39. The lowest BCUT2D eigenvalue weighted by molar-refractivity contribution is -0.142. The number of carboxylic acid groups (broad SMARTS) is 1. The van der Waals surface area contributed by atoms with Gasteiger partial charge in [-0.2, -0.15) is 0 Å². The number of aryl methyl sites for hydroxylation is 1. The Hall–Kier alpha value is -2.10. The summed E-state index contributed by atoms with van der Waals surface area (Å²) in [7, 11) is 0. The molecule has 2 unspecified atom stereocenters. The van der Waals surface area contributed by atoms with E-state index in [1.807, 2.05) is 31.2 Å². The van der Waals surface area contributed by atoms with E-state index in [9.17, 15) is 9.59 Å². The van der Waals surface area contributed by atoms with Gasteiger partial charge in [-0.1, -0.05) is 29.8 Å². The molecule has 0 aliphatic heterocycles. The van der Waals surface area contributed by atoms with Crippen LogP contribution in [0.15, 0.2) is 30.3 Å². The summed E-state index contributed by atoms with van der Waals surface area (Å²) in [6, 6.07) is 7.36. The van der Waals surface area contributed by atoms with Crippen LogP contribution in [0.1, 0.15) is 25.0 Å². The number of hydrogen-bond acceptors (Lipinski definition) is 2. The highest BCUT2D eigenvalue weighted by atomic mass is 16.4. The highest BCUT2D eigenvalue weighted by Crippen LogP contribution is 2.06. The lowest BCUT2D eigenvalue weighted by Gasteiger charge is -2.16. The number of rotatable bonds is 5. The van der Waals surface area contributed by atoms with Crippen LogP contribution in [0.5, 0.6) is 0 Å². The Labute approximate surface area is 113 Å². The first-order valence-electron chi connectivity index (χ1n) is 6.18. The molecule has 4 heteroatoms. The zero-order chi connectivity index (χ0) is 14.4. The van der Waals surface area contributed by atoms with Crippen molar-refractivity contribution in [3.05, 3.63) is 41.5 Å². The largest absolute Gasteiger partial charge is 0.481 e. The number of nitrogens with one attached hydrogen (secondary N) is 1. The van der Waals surface area contributed by atoms with E-state index in [1.54, 1.807) is 19.9 Å². The average molecular weight is 261 g/mol. The Morgan fingerprint density at radius 2 is 2.00 bits per heavy atom. The number of hydrogen-bond donors (Lipinski definition) is 2. The highest BCUT2D eigenvalue weighted by Gasteiger charge is 2.19. The minimum absolute atomic E-state index is 0.290. The smallest absolute Gasteiger partial charge is 0.308 e. The van der Waals surface area contributed by atoms with E-state index in [2.05, 4.69) is 5.32 Å². The number of carbonyl (C=O) groups is 2. The minimum atomic E-state index is -0.921. The van der Waals surface area contributed by atoms with Crippen molar-refractivity contribution in [2.75, 3.05) is 0 Å². The van der Waals surface area contributed by atoms with Crippen LogP contribution in [0.25, 0.3) is 6.08 Å². The Bertz CT molecular complexity index is 494. The monoisotopic (exact) mass is 261 g/mol. The van der Waals surface area contributed by atoms with Crippen molar-refractivity contribution in [3.63, 3.8) is 0 Å². The van der Waals surface area contributed by atoms with Gasteiger partial charge in [0.05, 0.1) is 5.92 Å². The molecule has 0 spiro atoms. The number of amides is 1. The second-order valence-electron chi connectivity index (χ2n) is 4.67. The zero-order valence-electron chi connectivity index (χ0n) is 11.4. The molecular weight excluding hydrogens is 242 g/mol. The van der Waals surface area contributed by atoms with Crippen LogP contribution in [-0.4, -0.2) is 23.0 Å². The first-order valence-corrected chi connectivity index (χ1v) is 6.18. The van der Waals surface area contributed by atoms with Gasteiger partial charge in [-0.05, 0) is 32.4 Å². The van der Waals surface area contributed by atoms with E-state index in [-0.39, 0.29) is 5.91 Å². The third-order valence-corrected chi connectivity index (χ3v) is 2.98. The molecule has 1 amide bonds. The van der Waals surface area contributed by atoms with Gasteiger partial charge in [0.15, 0.2) is 0 Å². The molecule has 0 saturated heterocycles. The summed E-state index contributed by atoms with van der Waals surface area (Å²) < 4.78 is 0. The average Bonchev–Trinajstić information content (AvgIpc) is 2.35. The molecule has 0 heterocycles. The lowest BCUT2D eigenvalue weighted by atomic mass is 10.0. The van der Waals surface area contributed by atoms with Crippen molar-refractivity contribution >= 4 is 18.0 Å². The first kappa shape index (κ1) is 15.0. The van der Waals surface area contributed by atoms with Crippen LogP contribution < -0.4 is 5.32 Å². The van der Waals surface area contributed by atoms with Gasteiger partial charge in [-0.25, -0.2) is 0 Å². The summed E-state index contributed by atoms with van der Waals surface area (Å²) in [6.45, 7) is 5.22. The molecule has 1 aromatic rings. The second kappa shape index (κ2) is 6.73. The second-order valence-corrected chi connectivity index (χ2v) is 4.67. The number of benzene rings is 1. The third-order valence-electron chi connectivity index (χ3n) is 2.98. The van der Waals surface area contributed by atoms with Crippen molar-refractivity contribution in [2.45, 2.75) is 26.8 Å². The maximum atomic E-state index is 11.6. The SMILES string of the molecule is Cc1cccc(/C=C/C(=O)NC(C)C(C)C(=O)O)c1. The van der Waals surface area contributed by atoms with Crippen molar-refractivity contribution in [2.24, 2.45) is 5.92 Å². The minimum Gasteiger partial charge on any atom is -0.481 e. The molecule has 4 nitrogen and oxygen atoms in total. The van der Waals surface area contributed by atoms with Gasteiger partial charge in [0.2, 0.25) is 5.91 Å². The van der Waals surface area contributed by atoms with Gasteiger partial charge in [-0.3, -0.25) is 9.59 Å². The molecular formula is C15H19NO3. The molecule has 1 rings (SSSR count). The van der Waals surface area contributed by atoms with Gasteiger partial charge in [0, 0.05) is 12.1 Å². The molecule has 0 fully saturated rings. The molecule has 0 radical (unpaired) electrons. The third kappa shape index (κ3) is 4.95.